The molecule has 0 spiro atoms. The van der Waals surface area contributed by atoms with Crippen molar-refractivity contribution in [3.63, 3.8) is 0 Å². The number of methoxy groups -OCH3 is 1. The third kappa shape index (κ3) is 5.20. The minimum Gasteiger partial charge on any atom is -0.389 e. The number of hydrogen-bond donors (Lipinski definition) is 1. The van der Waals surface area contributed by atoms with E-state index in [0.29, 0.717) is 26.4 Å². The standard InChI is InChI=1S/C13H27NO4/c1-11(8-16-4)18-9-12(15)7-14-5-6-17-10-13(14,2)3/h11-12,15H,5-10H2,1-4H3. The molecule has 1 rings (SSSR count). The van der Waals surface area contributed by atoms with Gasteiger partial charge >= 0.3 is 0 Å². The molecule has 18 heavy (non-hydrogen) atoms. The molecule has 0 radical (unpaired) electrons. The molecule has 0 aromatic rings. The molecule has 0 bridgehead atoms. The molecule has 0 saturated carbocycles. The first-order valence-electron chi connectivity index (χ1n) is 6.57. The van der Waals surface area contributed by atoms with Crippen molar-refractivity contribution in [3.8, 4) is 0 Å². The summed E-state index contributed by atoms with van der Waals surface area (Å²) in [5.74, 6) is 0. The predicted octanol–water partition coefficient (Wildman–Crippen LogP) is 0.510. The van der Waals surface area contributed by atoms with Gasteiger partial charge in [0, 0.05) is 25.7 Å². The summed E-state index contributed by atoms with van der Waals surface area (Å²) in [5, 5.41) is 10.0. The minimum absolute atomic E-state index is 0.0161. The van der Waals surface area contributed by atoms with Gasteiger partial charge in [0.15, 0.2) is 0 Å². The van der Waals surface area contributed by atoms with Gasteiger partial charge in [-0.15, -0.1) is 0 Å². The van der Waals surface area contributed by atoms with Crippen molar-refractivity contribution >= 4 is 0 Å². The molecule has 1 aliphatic rings. The molecule has 2 atom stereocenters. The SMILES string of the molecule is COCC(C)OCC(O)CN1CCOCC1(C)C. The molecular weight excluding hydrogens is 234 g/mol. The fourth-order valence-electron chi connectivity index (χ4n) is 2.09. The van der Waals surface area contributed by atoms with Crippen LogP contribution in [0.5, 0.6) is 0 Å². The second-order valence-electron chi connectivity index (χ2n) is 5.56. The number of aliphatic hydroxyl groups is 1. The number of β-amino-alcohol motifs (C(OH)–C–C–N with tert-alkyl or cyclic N) is 1. The fraction of sp³-hybridized carbons (Fsp3) is 1.00. The molecule has 1 heterocycles. The van der Waals surface area contributed by atoms with E-state index >= 15 is 0 Å². The third-order valence-electron chi connectivity index (χ3n) is 3.22. The number of morpholine rings is 1. The molecule has 2 unspecified atom stereocenters. The fourth-order valence-corrected chi connectivity index (χ4v) is 2.09. The summed E-state index contributed by atoms with van der Waals surface area (Å²) in [6.45, 7) is 10.0. The van der Waals surface area contributed by atoms with Crippen LogP contribution in [-0.4, -0.2) is 74.4 Å². The average Bonchev–Trinajstić information content (AvgIpc) is 2.30. The summed E-state index contributed by atoms with van der Waals surface area (Å²) in [7, 11) is 1.65. The van der Waals surface area contributed by atoms with Crippen LogP contribution in [0, 0.1) is 0 Å². The first-order valence-corrected chi connectivity index (χ1v) is 6.57. The van der Waals surface area contributed by atoms with Crippen molar-refractivity contribution in [3.05, 3.63) is 0 Å². The van der Waals surface area contributed by atoms with Crippen molar-refractivity contribution in [1.82, 2.24) is 4.90 Å². The van der Waals surface area contributed by atoms with E-state index in [1.54, 1.807) is 7.11 Å². The minimum atomic E-state index is -0.471. The second kappa shape index (κ2) is 7.40. The van der Waals surface area contributed by atoms with Gasteiger partial charge in [-0.1, -0.05) is 0 Å². The van der Waals surface area contributed by atoms with E-state index in [-0.39, 0.29) is 11.6 Å². The van der Waals surface area contributed by atoms with Crippen molar-refractivity contribution in [2.45, 2.75) is 38.5 Å². The lowest BCUT2D eigenvalue weighted by atomic mass is 10.0. The van der Waals surface area contributed by atoms with Gasteiger partial charge in [0.25, 0.3) is 0 Å². The van der Waals surface area contributed by atoms with Crippen LogP contribution < -0.4 is 0 Å². The highest BCUT2D eigenvalue weighted by atomic mass is 16.5. The van der Waals surface area contributed by atoms with Crippen molar-refractivity contribution in [2.75, 3.05) is 46.6 Å². The van der Waals surface area contributed by atoms with Gasteiger partial charge in [0.05, 0.1) is 38.6 Å². The summed E-state index contributed by atoms with van der Waals surface area (Å²) < 4.78 is 16.0. The monoisotopic (exact) mass is 261 g/mol. The molecule has 5 heteroatoms. The van der Waals surface area contributed by atoms with Crippen LogP contribution in [0.2, 0.25) is 0 Å². The number of nitrogens with zero attached hydrogens (tertiary/aromatic N) is 1. The first kappa shape index (κ1) is 15.9. The van der Waals surface area contributed by atoms with Crippen LogP contribution in [0.1, 0.15) is 20.8 Å². The summed E-state index contributed by atoms with van der Waals surface area (Å²) >= 11 is 0. The van der Waals surface area contributed by atoms with Crippen LogP contribution in [0.15, 0.2) is 0 Å². The number of hydrogen-bond acceptors (Lipinski definition) is 5. The first-order chi connectivity index (χ1) is 8.45. The summed E-state index contributed by atoms with van der Waals surface area (Å²) in [4.78, 5) is 2.26. The van der Waals surface area contributed by atoms with E-state index in [0.717, 1.165) is 13.2 Å². The van der Waals surface area contributed by atoms with Crippen molar-refractivity contribution < 1.29 is 19.3 Å². The summed E-state index contributed by atoms with van der Waals surface area (Å²) in [6.07, 6.45) is -0.455. The molecule has 0 aliphatic carbocycles. The van der Waals surface area contributed by atoms with Crippen LogP contribution in [0.25, 0.3) is 0 Å². The van der Waals surface area contributed by atoms with Crippen LogP contribution >= 0.6 is 0 Å². The Labute approximate surface area is 110 Å². The maximum Gasteiger partial charge on any atom is 0.0900 e. The number of rotatable bonds is 7. The van der Waals surface area contributed by atoms with Gasteiger partial charge in [-0.2, -0.15) is 0 Å². The van der Waals surface area contributed by atoms with Crippen molar-refractivity contribution in [2.24, 2.45) is 0 Å². The lowest BCUT2D eigenvalue weighted by Crippen LogP contribution is -2.55. The molecule has 1 N–H and O–H groups in total. The van der Waals surface area contributed by atoms with Gasteiger partial charge in [-0.25, -0.2) is 0 Å². The molecule has 1 fully saturated rings. The second-order valence-corrected chi connectivity index (χ2v) is 5.56. The Morgan fingerprint density at radius 3 is 2.72 bits per heavy atom. The van der Waals surface area contributed by atoms with E-state index in [9.17, 15) is 5.11 Å². The molecule has 0 aromatic carbocycles. The van der Waals surface area contributed by atoms with Gasteiger partial charge in [0.1, 0.15) is 0 Å². The quantitative estimate of drug-likeness (QED) is 0.723. The van der Waals surface area contributed by atoms with E-state index < -0.39 is 6.10 Å². The van der Waals surface area contributed by atoms with E-state index in [2.05, 4.69) is 18.7 Å². The van der Waals surface area contributed by atoms with Crippen LogP contribution in [-0.2, 0) is 14.2 Å². The van der Waals surface area contributed by atoms with Gasteiger partial charge < -0.3 is 19.3 Å². The van der Waals surface area contributed by atoms with Gasteiger partial charge in [0.2, 0.25) is 0 Å². The average molecular weight is 261 g/mol. The Bertz CT molecular complexity index is 235. The Morgan fingerprint density at radius 1 is 1.39 bits per heavy atom. The largest absolute Gasteiger partial charge is 0.389 e. The molecule has 5 nitrogen and oxygen atoms in total. The molecule has 108 valence electrons. The molecular formula is C13H27NO4. The zero-order chi connectivity index (χ0) is 13.6. The Morgan fingerprint density at radius 2 is 2.11 bits per heavy atom. The van der Waals surface area contributed by atoms with Gasteiger partial charge in [-0.05, 0) is 20.8 Å². The molecule has 1 saturated heterocycles. The Balaban J connectivity index is 2.28. The maximum absolute atomic E-state index is 10.0. The van der Waals surface area contributed by atoms with E-state index in [1.165, 1.54) is 0 Å². The zero-order valence-corrected chi connectivity index (χ0v) is 12.0. The summed E-state index contributed by atoms with van der Waals surface area (Å²) in [5.41, 5.74) is -0.0165. The zero-order valence-electron chi connectivity index (χ0n) is 12.0. The molecule has 0 aromatic heterocycles. The highest BCUT2D eigenvalue weighted by Crippen LogP contribution is 2.19. The van der Waals surface area contributed by atoms with Crippen LogP contribution in [0.4, 0.5) is 0 Å². The molecule has 0 amide bonds. The summed E-state index contributed by atoms with van der Waals surface area (Å²) in [6, 6.07) is 0. The molecule has 1 aliphatic heterocycles. The van der Waals surface area contributed by atoms with Crippen molar-refractivity contribution in [1.29, 1.82) is 0 Å². The number of ether oxygens (including phenoxy) is 3. The highest BCUT2D eigenvalue weighted by Gasteiger charge is 2.31. The van der Waals surface area contributed by atoms with E-state index in [1.807, 2.05) is 6.92 Å². The Kier molecular flexibility index (Phi) is 6.52. The third-order valence-corrected chi connectivity index (χ3v) is 3.22. The smallest absolute Gasteiger partial charge is 0.0900 e. The predicted molar refractivity (Wildman–Crippen MR) is 69.8 cm³/mol. The maximum atomic E-state index is 10.0. The van der Waals surface area contributed by atoms with Crippen LogP contribution in [0.3, 0.4) is 0 Å². The topological polar surface area (TPSA) is 51.2 Å². The number of aliphatic hydroxyl groups excluding tert-OH is 1. The lowest BCUT2D eigenvalue weighted by Gasteiger charge is -2.43. The van der Waals surface area contributed by atoms with E-state index in [4.69, 9.17) is 14.2 Å². The lowest BCUT2D eigenvalue weighted by molar-refractivity contribution is -0.0853. The Hall–Kier alpha value is -0.200. The highest BCUT2D eigenvalue weighted by molar-refractivity contribution is 4.85. The van der Waals surface area contributed by atoms with Gasteiger partial charge in [-0.3, -0.25) is 4.90 Å². The normalized spacial score (nSPS) is 23.8.